The molecule has 2 heteroatoms. The first kappa shape index (κ1) is 7.24. The molecule has 1 unspecified atom stereocenters. The zero-order chi connectivity index (χ0) is 6.41. The summed E-state index contributed by atoms with van der Waals surface area (Å²) < 4.78 is 4.82. The van der Waals surface area contributed by atoms with Crippen LogP contribution in [-0.4, -0.2) is 6.23 Å². The van der Waals surface area contributed by atoms with Gasteiger partial charge in [0, 0.05) is 0 Å². The van der Waals surface area contributed by atoms with Crippen molar-refractivity contribution in [1.29, 1.82) is 0 Å². The second-order valence-electron chi connectivity index (χ2n) is 1.31. The van der Waals surface area contributed by atoms with Gasteiger partial charge >= 0.3 is 0 Å². The minimum absolute atomic E-state index is 0.369. The van der Waals surface area contributed by atoms with Crippen molar-refractivity contribution in [2.45, 2.75) is 13.2 Å². The number of ether oxygens (including phenoxy) is 1. The molecule has 2 nitrogen and oxygen atoms in total. The van der Waals surface area contributed by atoms with E-state index in [9.17, 15) is 0 Å². The number of rotatable bonds is 3. The predicted molar refractivity (Wildman–Crippen MR) is 34.1 cm³/mol. The van der Waals surface area contributed by atoms with Gasteiger partial charge < -0.3 is 4.74 Å². The molecular weight excluding hydrogens is 102 g/mol. The molecule has 0 rings (SSSR count). The SMILES string of the molecule is C=CC(N)OC=CC. The van der Waals surface area contributed by atoms with Crippen LogP contribution in [0, 0.1) is 0 Å². The lowest BCUT2D eigenvalue weighted by Gasteiger charge is -2.02. The van der Waals surface area contributed by atoms with Gasteiger partial charge in [-0.2, -0.15) is 0 Å². The molecule has 0 spiro atoms. The molecule has 0 bridgehead atoms. The molecule has 0 aromatic carbocycles. The van der Waals surface area contributed by atoms with E-state index in [-0.39, 0.29) is 6.23 Å². The van der Waals surface area contributed by atoms with Crippen LogP contribution in [0.2, 0.25) is 0 Å². The van der Waals surface area contributed by atoms with Crippen molar-refractivity contribution >= 4 is 0 Å². The van der Waals surface area contributed by atoms with Gasteiger partial charge in [0.15, 0.2) is 6.23 Å². The Morgan fingerprint density at radius 3 is 2.75 bits per heavy atom. The molecule has 0 radical (unpaired) electrons. The van der Waals surface area contributed by atoms with E-state index in [0.717, 1.165) is 0 Å². The van der Waals surface area contributed by atoms with E-state index in [1.54, 1.807) is 6.08 Å². The highest BCUT2D eigenvalue weighted by molar-refractivity contribution is 4.77. The highest BCUT2D eigenvalue weighted by Gasteiger charge is 1.86. The molecule has 0 saturated carbocycles. The molecule has 0 aliphatic carbocycles. The lowest BCUT2D eigenvalue weighted by Crippen LogP contribution is -2.17. The topological polar surface area (TPSA) is 35.2 Å². The van der Waals surface area contributed by atoms with Crippen molar-refractivity contribution in [2.24, 2.45) is 5.73 Å². The summed E-state index contributed by atoms with van der Waals surface area (Å²) >= 11 is 0. The molecule has 1 atom stereocenters. The first-order valence-corrected chi connectivity index (χ1v) is 2.46. The summed E-state index contributed by atoms with van der Waals surface area (Å²) in [5.41, 5.74) is 5.27. The monoisotopic (exact) mass is 113 g/mol. The van der Waals surface area contributed by atoms with Crippen LogP contribution < -0.4 is 5.73 Å². The van der Waals surface area contributed by atoms with Gasteiger partial charge in [-0.1, -0.05) is 12.7 Å². The quantitative estimate of drug-likeness (QED) is 0.337. The second-order valence-corrected chi connectivity index (χ2v) is 1.31. The standard InChI is InChI=1S/C6H11NO/c1-3-5-8-6(7)4-2/h3-6H,2,7H2,1H3. The third-order valence-corrected chi connectivity index (χ3v) is 0.604. The zero-order valence-electron chi connectivity index (χ0n) is 5.00. The fraction of sp³-hybridized carbons (Fsp3) is 0.333. The molecule has 0 fully saturated rings. The van der Waals surface area contributed by atoms with E-state index in [2.05, 4.69) is 6.58 Å². The fourth-order valence-electron chi connectivity index (χ4n) is 0.225. The molecular formula is C6H11NO. The third kappa shape index (κ3) is 3.43. The maximum Gasteiger partial charge on any atom is 0.165 e. The van der Waals surface area contributed by atoms with E-state index in [1.807, 2.05) is 6.92 Å². The predicted octanol–water partition coefficient (Wildman–Crippen LogP) is 1.01. The summed E-state index contributed by atoms with van der Waals surface area (Å²) in [5.74, 6) is 0. The van der Waals surface area contributed by atoms with Crippen LogP contribution in [0.15, 0.2) is 25.0 Å². The normalized spacial score (nSPS) is 13.8. The Hall–Kier alpha value is -0.760. The Morgan fingerprint density at radius 1 is 1.75 bits per heavy atom. The van der Waals surface area contributed by atoms with Crippen LogP contribution in [0.4, 0.5) is 0 Å². The molecule has 0 saturated heterocycles. The zero-order valence-corrected chi connectivity index (χ0v) is 5.00. The maximum absolute atomic E-state index is 5.27. The number of hydrogen-bond acceptors (Lipinski definition) is 2. The number of hydrogen-bond donors (Lipinski definition) is 1. The molecule has 0 aliphatic rings. The van der Waals surface area contributed by atoms with Crippen LogP contribution in [0.3, 0.4) is 0 Å². The molecule has 2 N–H and O–H groups in total. The van der Waals surface area contributed by atoms with E-state index in [0.29, 0.717) is 0 Å². The van der Waals surface area contributed by atoms with Gasteiger partial charge in [-0.15, -0.1) is 0 Å². The molecule has 46 valence electrons. The minimum Gasteiger partial charge on any atom is -0.480 e. The molecule has 0 aliphatic heterocycles. The van der Waals surface area contributed by atoms with Crippen molar-refractivity contribution in [3.8, 4) is 0 Å². The molecule has 0 aromatic rings. The van der Waals surface area contributed by atoms with Crippen molar-refractivity contribution < 1.29 is 4.74 Å². The highest BCUT2D eigenvalue weighted by atomic mass is 16.5. The van der Waals surface area contributed by atoms with E-state index in [4.69, 9.17) is 10.5 Å². The van der Waals surface area contributed by atoms with Crippen LogP contribution in [0.1, 0.15) is 6.92 Å². The molecule has 0 amide bonds. The van der Waals surface area contributed by atoms with Crippen LogP contribution >= 0.6 is 0 Å². The minimum atomic E-state index is -0.369. The average molecular weight is 113 g/mol. The Bertz CT molecular complexity index is 88.5. The summed E-state index contributed by atoms with van der Waals surface area (Å²) in [6, 6.07) is 0. The van der Waals surface area contributed by atoms with Crippen molar-refractivity contribution in [1.82, 2.24) is 0 Å². The van der Waals surface area contributed by atoms with Crippen LogP contribution in [-0.2, 0) is 4.74 Å². The van der Waals surface area contributed by atoms with Crippen LogP contribution in [0.25, 0.3) is 0 Å². The fourth-order valence-corrected chi connectivity index (χ4v) is 0.225. The van der Waals surface area contributed by atoms with Gasteiger partial charge in [-0.25, -0.2) is 0 Å². The average Bonchev–Trinajstić information content (AvgIpc) is 1.83. The van der Waals surface area contributed by atoms with Crippen molar-refractivity contribution in [2.75, 3.05) is 0 Å². The van der Waals surface area contributed by atoms with Gasteiger partial charge in [-0.05, 0) is 13.0 Å². The Morgan fingerprint density at radius 2 is 2.38 bits per heavy atom. The summed E-state index contributed by atoms with van der Waals surface area (Å²) in [4.78, 5) is 0. The first-order valence-electron chi connectivity index (χ1n) is 2.46. The third-order valence-electron chi connectivity index (χ3n) is 0.604. The summed E-state index contributed by atoms with van der Waals surface area (Å²) in [6.45, 7) is 5.29. The largest absolute Gasteiger partial charge is 0.480 e. The van der Waals surface area contributed by atoms with Gasteiger partial charge in [0.2, 0.25) is 0 Å². The Balaban J connectivity index is 3.23. The van der Waals surface area contributed by atoms with Gasteiger partial charge in [0.1, 0.15) is 0 Å². The van der Waals surface area contributed by atoms with E-state index < -0.39 is 0 Å². The lowest BCUT2D eigenvalue weighted by atomic mass is 10.6. The Kier molecular flexibility index (Phi) is 3.98. The summed E-state index contributed by atoms with van der Waals surface area (Å²) in [7, 11) is 0. The number of allylic oxidation sites excluding steroid dienone is 1. The van der Waals surface area contributed by atoms with Crippen molar-refractivity contribution in [3.63, 3.8) is 0 Å². The first-order chi connectivity index (χ1) is 3.81. The van der Waals surface area contributed by atoms with Gasteiger partial charge in [0.25, 0.3) is 0 Å². The smallest absolute Gasteiger partial charge is 0.165 e. The van der Waals surface area contributed by atoms with E-state index in [1.165, 1.54) is 12.3 Å². The molecule has 8 heavy (non-hydrogen) atoms. The van der Waals surface area contributed by atoms with Gasteiger partial charge in [0.05, 0.1) is 6.26 Å². The summed E-state index contributed by atoms with van der Waals surface area (Å²) in [6.07, 6.45) is 4.46. The highest BCUT2D eigenvalue weighted by Crippen LogP contribution is 1.83. The maximum atomic E-state index is 5.27. The summed E-state index contributed by atoms with van der Waals surface area (Å²) in [5, 5.41) is 0. The van der Waals surface area contributed by atoms with Crippen molar-refractivity contribution in [3.05, 3.63) is 25.0 Å². The van der Waals surface area contributed by atoms with Gasteiger partial charge in [-0.3, -0.25) is 5.73 Å². The van der Waals surface area contributed by atoms with E-state index >= 15 is 0 Å². The Labute approximate surface area is 49.6 Å². The molecule has 0 aromatic heterocycles. The lowest BCUT2D eigenvalue weighted by molar-refractivity contribution is 0.193. The molecule has 0 heterocycles. The number of nitrogens with two attached hydrogens (primary N) is 1. The van der Waals surface area contributed by atoms with Crippen LogP contribution in [0.5, 0.6) is 0 Å². The second kappa shape index (κ2) is 4.40.